The summed E-state index contributed by atoms with van der Waals surface area (Å²) in [6.07, 6.45) is 2.33. The molecule has 0 aliphatic heterocycles. The fourth-order valence-corrected chi connectivity index (χ4v) is 2.12. The molecule has 0 aliphatic carbocycles. The maximum Gasteiger partial charge on any atom is 0.118 e. The van der Waals surface area contributed by atoms with Crippen molar-refractivity contribution in [3.63, 3.8) is 0 Å². The Bertz CT molecular complexity index is 349. The van der Waals surface area contributed by atoms with Gasteiger partial charge in [0.25, 0.3) is 0 Å². The van der Waals surface area contributed by atoms with Crippen molar-refractivity contribution in [2.75, 3.05) is 40.3 Å². The fraction of sp³-hybridized carbons (Fsp3) is 0.647. The number of likely N-dealkylation sites (N-methyl/N-ethyl adjacent to an activating group) is 1. The van der Waals surface area contributed by atoms with E-state index in [1.54, 1.807) is 7.11 Å². The summed E-state index contributed by atoms with van der Waals surface area (Å²) in [5, 5.41) is 3.48. The smallest absolute Gasteiger partial charge is 0.118 e. The van der Waals surface area contributed by atoms with Gasteiger partial charge in [0, 0.05) is 13.1 Å². The highest BCUT2D eigenvalue weighted by atomic mass is 16.5. The van der Waals surface area contributed by atoms with E-state index in [2.05, 4.69) is 43.2 Å². The van der Waals surface area contributed by atoms with Crippen LogP contribution in [0, 0.1) is 5.92 Å². The SMILES string of the molecule is COc1ccc(CCCN(C)CCNCC(C)C)cc1. The summed E-state index contributed by atoms with van der Waals surface area (Å²) < 4.78 is 5.17. The first-order chi connectivity index (χ1) is 9.61. The zero-order chi connectivity index (χ0) is 14.8. The van der Waals surface area contributed by atoms with Gasteiger partial charge in [-0.15, -0.1) is 0 Å². The quantitative estimate of drug-likeness (QED) is 0.666. The molecule has 0 radical (unpaired) electrons. The molecule has 0 saturated heterocycles. The summed E-state index contributed by atoms with van der Waals surface area (Å²) in [5.74, 6) is 1.66. The molecule has 0 aromatic heterocycles. The molecule has 114 valence electrons. The van der Waals surface area contributed by atoms with Gasteiger partial charge in [-0.2, -0.15) is 0 Å². The van der Waals surface area contributed by atoms with Crippen molar-refractivity contribution in [2.24, 2.45) is 5.92 Å². The highest BCUT2D eigenvalue weighted by Crippen LogP contribution is 2.12. The summed E-state index contributed by atoms with van der Waals surface area (Å²) in [5.41, 5.74) is 1.39. The Balaban J connectivity index is 2.10. The minimum Gasteiger partial charge on any atom is -0.497 e. The van der Waals surface area contributed by atoms with E-state index in [9.17, 15) is 0 Å². The summed E-state index contributed by atoms with van der Waals surface area (Å²) in [4.78, 5) is 2.40. The van der Waals surface area contributed by atoms with E-state index in [0.717, 1.165) is 44.3 Å². The average Bonchev–Trinajstić information content (AvgIpc) is 2.44. The van der Waals surface area contributed by atoms with Crippen LogP contribution in [0.2, 0.25) is 0 Å². The molecule has 0 aliphatic rings. The lowest BCUT2D eigenvalue weighted by Gasteiger charge is -2.17. The van der Waals surface area contributed by atoms with E-state index < -0.39 is 0 Å². The van der Waals surface area contributed by atoms with Crippen molar-refractivity contribution in [1.29, 1.82) is 0 Å². The van der Waals surface area contributed by atoms with Crippen LogP contribution in [0.1, 0.15) is 25.8 Å². The van der Waals surface area contributed by atoms with E-state index in [1.807, 2.05) is 12.1 Å². The summed E-state index contributed by atoms with van der Waals surface area (Å²) >= 11 is 0. The third-order valence-electron chi connectivity index (χ3n) is 3.39. The second kappa shape index (κ2) is 9.78. The van der Waals surface area contributed by atoms with Crippen LogP contribution in [0.5, 0.6) is 5.75 Å². The molecule has 0 unspecified atom stereocenters. The zero-order valence-corrected chi connectivity index (χ0v) is 13.5. The van der Waals surface area contributed by atoms with Gasteiger partial charge in [0.15, 0.2) is 0 Å². The van der Waals surface area contributed by atoms with Gasteiger partial charge in [0.1, 0.15) is 5.75 Å². The van der Waals surface area contributed by atoms with Gasteiger partial charge < -0.3 is 15.0 Å². The maximum atomic E-state index is 5.17. The fourth-order valence-electron chi connectivity index (χ4n) is 2.12. The van der Waals surface area contributed by atoms with Gasteiger partial charge in [-0.05, 0) is 56.6 Å². The van der Waals surface area contributed by atoms with Gasteiger partial charge in [0.2, 0.25) is 0 Å². The van der Waals surface area contributed by atoms with Crippen molar-refractivity contribution in [3.05, 3.63) is 29.8 Å². The first-order valence-corrected chi connectivity index (χ1v) is 7.64. The third-order valence-corrected chi connectivity index (χ3v) is 3.39. The van der Waals surface area contributed by atoms with Crippen molar-refractivity contribution >= 4 is 0 Å². The van der Waals surface area contributed by atoms with Crippen LogP contribution >= 0.6 is 0 Å². The summed E-state index contributed by atoms with van der Waals surface area (Å²) in [6, 6.07) is 8.38. The number of aryl methyl sites for hydroxylation is 1. The Labute approximate surface area is 124 Å². The Hall–Kier alpha value is -1.06. The molecular formula is C17H30N2O. The number of hydrogen-bond donors (Lipinski definition) is 1. The van der Waals surface area contributed by atoms with E-state index in [4.69, 9.17) is 4.74 Å². The molecule has 20 heavy (non-hydrogen) atoms. The highest BCUT2D eigenvalue weighted by molar-refractivity contribution is 5.27. The van der Waals surface area contributed by atoms with Crippen LogP contribution in [-0.2, 0) is 6.42 Å². The van der Waals surface area contributed by atoms with Crippen LogP contribution in [0.15, 0.2) is 24.3 Å². The number of benzene rings is 1. The van der Waals surface area contributed by atoms with Crippen molar-refractivity contribution in [1.82, 2.24) is 10.2 Å². The van der Waals surface area contributed by atoms with E-state index >= 15 is 0 Å². The molecule has 0 amide bonds. The molecule has 0 heterocycles. The highest BCUT2D eigenvalue weighted by Gasteiger charge is 2.00. The molecule has 1 aromatic carbocycles. The largest absolute Gasteiger partial charge is 0.497 e. The zero-order valence-electron chi connectivity index (χ0n) is 13.5. The molecule has 0 saturated carbocycles. The number of nitrogens with one attached hydrogen (secondary N) is 1. The molecule has 3 nitrogen and oxygen atoms in total. The van der Waals surface area contributed by atoms with Gasteiger partial charge >= 0.3 is 0 Å². The Morgan fingerprint density at radius 2 is 1.85 bits per heavy atom. The Morgan fingerprint density at radius 3 is 2.45 bits per heavy atom. The number of methoxy groups -OCH3 is 1. The Morgan fingerprint density at radius 1 is 1.15 bits per heavy atom. The lowest BCUT2D eigenvalue weighted by atomic mass is 10.1. The molecular weight excluding hydrogens is 248 g/mol. The minimum absolute atomic E-state index is 0.732. The molecule has 0 fully saturated rings. The minimum atomic E-state index is 0.732. The standard InChI is InChI=1S/C17H30N2O/c1-15(2)14-18-11-13-19(3)12-5-6-16-7-9-17(20-4)10-8-16/h7-10,15,18H,5-6,11-14H2,1-4H3. The predicted octanol–water partition coefficient (Wildman–Crippen LogP) is 2.81. The van der Waals surface area contributed by atoms with Crippen molar-refractivity contribution in [2.45, 2.75) is 26.7 Å². The first kappa shape index (κ1) is 17.0. The third kappa shape index (κ3) is 7.51. The molecule has 3 heteroatoms. The second-order valence-electron chi connectivity index (χ2n) is 5.85. The van der Waals surface area contributed by atoms with Crippen LogP contribution < -0.4 is 10.1 Å². The lowest BCUT2D eigenvalue weighted by Crippen LogP contribution is -2.31. The van der Waals surface area contributed by atoms with E-state index in [1.165, 1.54) is 12.0 Å². The monoisotopic (exact) mass is 278 g/mol. The lowest BCUT2D eigenvalue weighted by molar-refractivity contribution is 0.324. The van der Waals surface area contributed by atoms with Crippen molar-refractivity contribution in [3.8, 4) is 5.75 Å². The number of nitrogens with zero attached hydrogens (tertiary/aromatic N) is 1. The molecule has 1 rings (SSSR count). The maximum absolute atomic E-state index is 5.17. The normalized spacial score (nSPS) is 11.3. The summed E-state index contributed by atoms with van der Waals surface area (Å²) in [6.45, 7) is 8.94. The van der Waals surface area contributed by atoms with E-state index in [-0.39, 0.29) is 0 Å². The van der Waals surface area contributed by atoms with Crippen LogP contribution in [0.3, 0.4) is 0 Å². The van der Waals surface area contributed by atoms with Crippen LogP contribution in [-0.4, -0.2) is 45.2 Å². The second-order valence-corrected chi connectivity index (χ2v) is 5.85. The first-order valence-electron chi connectivity index (χ1n) is 7.64. The molecule has 0 bridgehead atoms. The number of rotatable bonds is 10. The van der Waals surface area contributed by atoms with Crippen LogP contribution in [0.4, 0.5) is 0 Å². The molecule has 0 spiro atoms. The van der Waals surface area contributed by atoms with Crippen LogP contribution in [0.25, 0.3) is 0 Å². The van der Waals surface area contributed by atoms with Gasteiger partial charge in [-0.1, -0.05) is 26.0 Å². The average molecular weight is 278 g/mol. The summed E-state index contributed by atoms with van der Waals surface area (Å²) in [7, 11) is 3.91. The van der Waals surface area contributed by atoms with Gasteiger partial charge in [-0.25, -0.2) is 0 Å². The predicted molar refractivity (Wildman–Crippen MR) is 86.5 cm³/mol. The van der Waals surface area contributed by atoms with Crippen molar-refractivity contribution < 1.29 is 4.74 Å². The molecule has 1 aromatic rings. The van der Waals surface area contributed by atoms with E-state index in [0.29, 0.717) is 0 Å². The van der Waals surface area contributed by atoms with Gasteiger partial charge in [-0.3, -0.25) is 0 Å². The van der Waals surface area contributed by atoms with Gasteiger partial charge in [0.05, 0.1) is 7.11 Å². The number of hydrogen-bond acceptors (Lipinski definition) is 3. The number of ether oxygens (including phenoxy) is 1. The molecule has 1 N–H and O–H groups in total. The Kier molecular flexibility index (Phi) is 8.31. The molecule has 0 atom stereocenters. The topological polar surface area (TPSA) is 24.5 Å².